The number of rotatable bonds is 4. The summed E-state index contributed by atoms with van der Waals surface area (Å²) in [7, 11) is 6.63. The number of nitrogen functional groups attached to an aromatic ring is 1. The molecular weight excluding hydrogens is 516 g/mol. The van der Waals surface area contributed by atoms with Crippen molar-refractivity contribution < 1.29 is 34.8 Å². The van der Waals surface area contributed by atoms with E-state index in [4.69, 9.17) is 11.5 Å². The minimum Gasteiger partial charge on any atom is -0.508 e. The third-order valence-electron chi connectivity index (χ3n) is 7.91. The Kier molecular flexibility index (Phi) is 6.20. The van der Waals surface area contributed by atoms with Crippen LogP contribution in [0.25, 0.3) is 16.9 Å². The van der Waals surface area contributed by atoms with Crippen molar-refractivity contribution in [1.29, 1.82) is 0 Å². The van der Waals surface area contributed by atoms with E-state index in [0.29, 0.717) is 28.1 Å². The van der Waals surface area contributed by atoms with Crippen molar-refractivity contribution in [3.05, 3.63) is 71.2 Å². The number of anilines is 2. The lowest BCUT2D eigenvalue weighted by Crippen LogP contribution is -2.66. The first kappa shape index (κ1) is 27.2. The molecule has 11 nitrogen and oxygen atoms in total. The number of aliphatic hydroxyl groups is 3. The summed E-state index contributed by atoms with van der Waals surface area (Å²) in [5.41, 5.74) is 9.73. The number of hydrogen-bond acceptors (Lipinski definition) is 10. The summed E-state index contributed by atoms with van der Waals surface area (Å²) in [6.45, 7) is 0. The highest BCUT2D eigenvalue weighted by Gasteiger charge is 2.64. The van der Waals surface area contributed by atoms with E-state index < -0.39 is 58.0 Å². The first-order valence-electron chi connectivity index (χ1n) is 12.5. The van der Waals surface area contributed by atoms with Gasteiger partial charge in [-0.15, -0.1) is 0 Å². The summed E-state index contributed by atoms with van der Waals surface area (Å²) in [6.07, 6.45) is 3.15. The van der Waals surface area contributed by atoms with Gasteiger partial charge in [0.05, 0.1) is 11.6 Å². The highest BCUT2D eigenvalue weighted by Crippen LogP contribution is 2.55. The van der Waals surface area contributed by atoms with Crippen LogP contribution in [0.5, 0.6) is 5.75 Å². The van der Waals surface area contributed by atoms with Crippen LogP contribution >= 0.6 is 0 Å². The number of phenols is 1. The Balaban J connectivity index is 1.78. The molecule has 2 aromatic carbocycles. The lowest BCUT2D eigenvalue weighted by molar-refractivity contribution is -0.149. The van der Waals surface area contributed by atoms with Crippen LogP contribution in [0, 0.1) is 24.7 Å². The van der Waals surface area contributed by atoms with Gasteiger partial charge < -0.3 is 36.8 Å². The molecule has 8 N–H and O–H groups in total. The SMILES string of the molecule is CN(C)c1cc(-c2cccc(N)c2)c(O)c2c1[CH]C1[CH]C3[C@H](N(C)C)C(=O)C(C(N)=O)=C(O)[C@@]3(O)C(=O)C1=C2O. The maximum absolute atomic E-state index is 14.0. The number of carbonyl (C=O) groups is 3. The summed E-state index contributed by atoms with van der Waals surface area (Å²) >= 11 is 0. The number of phenolic OH excluding ortho intramolecular Hbond substituents is 1. The molecule has 0 bridgehead atoms. The first-order chi connectivity index (χ1) is 18.7. The third-order valence-corrected chi connectivity index (χ3v) is 7.91. The van der Waals surface area contributed by atoms with Crippen molar-refractivity contribution in [2.45, 2.75) is 11.6 Å². The number of nitrogens with zero attached hydrogens (tertiary/aromatic N) is 2. The van der Waals surface area contributed by atoms with Crippen LogP contribution in [0.3, 0.4) is 0 Å². The predicted octanol–water partition coefficient (Wildman–Crippen LogP) is 1.10. The number of aliphatic hydroxyl groups excluding tert-OH is 2. The summed E-state index contributed by atoms with van der Waals surface area (Å²) in [5, 5.41) is 45.7. The second kappa shape index (κ2) is 9.10. The van der Waals surface area contributed by atoms with Crippen LogP contribution in [0.1, 0.15) is 11.1 Å². The molecular formula is C29H30N4O7. The Labute approximate surface area is 230 Å². The summed E-state index contributed by atoms with van der Waals surface area (Å²) in [5.74, 6) is -7.52. The second-order valence-corrected chi connectivity index (χ2v) is 10.7. The molecule has 3 aliphatic rings. The van der Waals surface area contributed by atoms with Crippen LogP contribution < -0.4 is 16.4 Å². The number of Topliss-reactive ketones (excluding diaryl/α,β-unsaturated/α-hetero) is 2. The van der Waals surface area contributed by atoms with Crippen LogP contribution in [0.4, 0.5) is 11.4 Å². The molecule has 2 radical (unpaired) electrons. The maximum Gasteiger partial charge on any atom is 0.255 e. The minimum atomic E-state index is -2.76. The average Bonchev–Trinajstić information content (AvgIpc) is 2.85. The number of carbonyl (C=O) groups excluding carboxylic acids is 3. The average molecular weight is 547 g/mol. The van der Waals surface area contributed by atoms with Crippen molar-refractivity contribution in [1.82, 2.24) is 4.90 Å². The summed E-state index contributed by atoms with van der Waals surface area (Å²) < 4.78 is 0. The fourth-order valence-electron chi connectivity index (χ4n) is 6.07. The lowest BCUT2D eigenvalue weighted by atomic mass is 9.57. The Bertz CT molecular complexity index is 1560. The number of likely N-dealkylation sites (N-methyl/N-ethyl adjacent to an activating group) is 1. The fourth-order valence-corrected chi connectivity index (χ4v) is 6.07. The van der Waals surface area contributed by atoms with Gasteiger partial charge in [-0.1, -0.05) is 12.1 Å². The molecule has 3 aliphatic carbocycles. The third kappa shape index (κ3) is 3.61. The van der Waals surface area contributed by atoms with E-state index in [9.17, 15) is 34.8 Å². The number of aromatic hydroxyl groups is 1. The molecule has 0 aromatic heterocycles. The lowest BCUT2D eigenvalue weighted by Gasteiger charge is -2.50. The molecule has 5 rings (SSSR count). The van der Waals surface area contributed by atoms with Gasteiger partial charge in [-0.2, -0.15) is 0 Å². The standard InChI is InChI=1S/C29H30N4O7/c1-32(2)18-11-15(12-6-5-7-14(30)8-12)23(34)20-16(18)9-13-10-17-22(33(3)4)25(36)21(28(31)39)27(38)29(17,40)26(37)19(13)24(20)35/h5-11,13,17,22,34-35,38,40H,30H2,1-4H3,(H2,31,39)/t13?,17?,22-,29-/m0/s1. The highest BCUT2D eigenvalue weighted by atomic mass is 16.3. The van der Waals surface area contributed by atoms with Gasteiger partial charge in [0.1, 0.15) is 22.8 Å². The molecule has 1 amide bonds. The first-order valence-corrected chi connectivity index (χ1v) is 12.5. The van der Waals surface area contributed by atoms with Crippen molar-refractivity contribution >= 4 is 34.6 Å². The molecule has 0 aliphatic heterocycles. The molecule has 0 saturated heterocycles. The van der Waals surface area contributed by atoms with E-state index in [1.165, 1.54) is 25.4 Å². The monoisotopic (exact) mass is 546 g/mol. The van der Waals surface area contributed by atoms with Crippen molar-refractivity contribution in [3.63, 3.8) is 0 Å². The topological polar surface area (TPSA) is 191 Å². The molecule has 1 fully saturated rings. The molecule has 2 unspecified atom stereocenters. The molecule has 2 aromatic rings. The number of fused-ring (bicyclic) bond motifs is 3. The predicted molar refractivity (Wildman–Crippen MR) is 148 cm³/mol. The molecule has 0 heterocycles. The Morgan fingerprint density at radius 3 is 2.30 bits per heavy atom. The van der Waals surface area contributed by atoms with Crippen LogP contribution in [0.2, 0.25) is 0 Å². The largest absolute Gasteiger partial charge is 0.508 e. The quantitative estimate of drug-likeness (QED) is 0.239. The Hall–Kier alpha value is -4.35. The Morgan fingerprint density at radius 1 is 1.05 bits per heavy atom. The zero-order chi connectivity index (χ0) is 29.4. The van der Waals surface area contributed by atoms with E-state index in [0.717, 1.165) is 0 Å². The Morgan fingerprint density at radius 2 is 1.73 bits per heavy atom. The maximum atomic E-state index is 14.0. The zero-order valence-electron chi connectivity index (χ0n) is 22.3. The van der Waals surface area contributed by atoms with Crippen molar-refractivity contribution in [2.24, 2.45) is 17.6 Å². The minimum absolute atomic E-state index is 0.0479. The van der Waals surface area contributed by atoms with Crippen LogP contribution in [0.15, 0.2) is 47.2 Å². The van der Waals surface area contributed by atoms with E-state index >= 15 is 0 Å². The van der Waals surface area contributed by atoms with Gasteiger partial charge in [-0.25, -0.2) is 0 Å². The fraction of sp³-hybridized carbons (Fsp3) is 0.276. The van der Waals surface area contributed by atoms with Gasteiger partial charge in [0.2, 0.25) is 5.78 Å². The number of amides is 1. The highest BCUT2D eigenvalue weighted by molar-refractivity contribution is 6.25. The van der Waals surface area contributed by atoms with E-state index in [2.05, 4.69) is 0 Å². The molecule has 4 atom stereocenters. The van der Waals surface area contributed by atoms with Crippen LogP contribution in [-0.2, 0) is 14.4 Å². The van der Waals surface area contributed by atoms with Gasteiger partial charge in [-0.05, 0) is 49.8 Å². The number of primary amides is 1. The smallest absolute Gasteiger partial charge is 0.255 e. The summed E-state index contributed by atoms with van der Waals surface area (Å²) in [6, 6.07) is 7.32. The van der Waals surface area contributed by atoms with Crippen molar-refractivity contribution in [3.8, 4) is 16.9 Å². The summed E-state index contributed by atoms with van der Waals surface area (Å²) in [4.78, 5) is 42.6. The number of nitrogens with two attached hydrogens (primary N) is 2. The number of hydrogen-bond donors (Lipinski definition) is 6. The normalized spacial score (nSPS) is 26.0. The second-order valence-electron chi connectivity index (χ2n) is 10.7. The van der Waals surface area contributed by atoms with Gasteiger partial charge in [0.15, 0.2) is 11.4 Å². The van der Waals surface area contributed by atoms with Gasteiger partial charge in [0, 0.05) is 54.9 Å². The molecule has 11 heteroatoms. The van der Waals surface area contributed by atoms with Gasteiger partial charge in [0.25, 0.3) is 5.91 Å². The van der Waals surface area contributed by atoms with E-state index in [-0.39, 0.29) is 16.9 Å². The van der Waals surface area contributed by atoms with E-state index in [1.54, 1.807) is 55.7 Å². The molecule has 1 saturated carbocycles. The molecule has 208 valence electrons. The van der Waals surface area contributed by atoms with Gasteiger partial charge in [-0.3, -0.25) is 19.3 Å². The van der Waals surface area contributed by atoms with Gasteiger partial charge >= 0.3 is 0 Å². The number of benzene rings is 2. The zero-order valence-corrected chi connectivity index (χ0v) is 22.3. The van der Waals surface area contributed by atoms with Crippen molar-refractivity contribution in [2.75, 3.05) is 38.8 Å². The van der Waals surface area contributed by atoms with E-state index in [1.807, 2.05) is 0 Å². The van der Waals surface area contributed by atoms with Crippen LogP contribution in [-0.4, -0.2) is 82.6 Å². The molecule has 40 heavy (non-hydrogen) atoms. The number of ketones is 2. The molecule has 0 spiro atoms.